The minimum atomic E-state index is -0.867. The molecule has 0 aliphatic rings. The molecule has 1 N–H and O–H groups in total. The van der Waals surface area contributed by atoms with Gasteiger partial charge in [0.25, 0.3) is 0 Å². The molecule has 76 valence electrons. The van der Waals surface area contributed by atoms with E-state index in [1.54, 1.807) is 24.3 Å². The van der Waals surface area contributed by atoms with Crippen LogP contribution in [0.1, 0.15) is 10.5 Å². The Kier molecular flexibility index (Phi) is 2.39. The van der Waals surface area contributed by atoms with Crippen LogP contribution in [0, 0.1) is 0 Å². The van der Waals surface area contributed by atoms with Crippen molar-refractivity contribution in [2.75, 3.05) is 0 Å². The summed E-state index contributed by atoms with van der Waals surface area (Å²) in [6.45, 7) is 0. The summed E-state index contributed by atoms with van der Waals surface area (Å²) in [4.78, 5) is 22.1. The molecule has 2 rings (SSSR count). The van der Waals surface area contributed by atoms with Gasteiger partial charge in [0.2, 0.25) is 5.69 Å². The molecule has 1 heterocycles. The van der Waals surface area contributed by atoms with E-state index in [9.17, 15) is 9.59 Å². The zero-order valence-electron chi connectivity index (χ0n) is 7.44. The number of aromatic amines is 1. The average molecular weight is 226 g/mol. The van der Waals surface area contributed by atoms with Gasteiger partial charge >= 0.3 is 16.6 Å². The molecular weight excluding hydrogens is 220 g/mol. The number of halogens is 1. The fourth-order valence-corrected chi connectivity index (χ4v) is 1.36. The first-order valence-corrected chi connectivity index (χ1v) is 4.46. The number of aromatic nitrogens is 2. The summed E-state index contributed by atoms with van der Waals surface area (Å²) < 4.78 is 5.68. The van der Waals surface area contributed by atoms with Crippen molar-refractivity contribution in [1.82, 2.24) is 5.27 Å². The van der Waals surface area contributed by atoms with Gasteiger partial charge in [-0.3, -0.25) is 9.32 Å². The minimum Gasteiger partial charge on any atom is -0.282 e. The van der Waals surface area contributed by atoms with E-state index < -0.39 is 10.9 Å². The Hall–Kier alpha value is -1.88. The predicted molar refractivity (Wildman–Crippen MR) is 51.0 cm³/mol. The van der Waals surface area contributed by atoms with E-state index in [0.717, 1.165) is 0 Å². The SMILES string of the molecule is O=C(Cl)c1c(=O)o[nH][n+]1-c1ccccc1. The second kappa shape index (κ2) is 3.70. The summed E-state index contributed by atoms with van der Waals surface area (Å²) in [5, 5.41) is 1.43. The number of hydrogen-bond acceptors (Lipinski definition) is 3. The molecule has 0 fully saturated rings. The van der Waals surface area contributed by atoms with Crippen LogP contribution in [0.5, 0.6) is 0 Å². The first kappa shape index (κ1) is 9.67. The van der Waals surface area contributed by atoms with E-state index in [1.807, 2.05) is 6.07 Å². The molecule has 15 heavy (non-hydrogen) atoms. The summed E-state index contributed by atoms with van der Waals surface area (Å²) in [6.07, 6.45) is 0. The molecule has 1 aromatic carbocycles. The first-order chi connectivity index (χ1) is 7.20. The van der Waals surface area contributed by atoms with Crippen LogP contribution in [-0.4, -0.2) is 10.5 Å². The number of hydrogen-bond donors (Lipinski definition) is 1. The number of carbonyl (C=O) groups excluding carboxylic acids is 1. The summed E-state index contributed by atoms with van der Waals surface area (Å²) in [7, 11) is 0. The molecule has 0 spiro atoms. The normalized spacial score (nSPS) is 10.2. The number of carbonyl (C=O) groups is 1. The lowest BCUT2D eigenvalue weighted by molar-refractivity contribution is -0.671. The molecule has 2 aromatic rings. The maximum Gasteiger partial charge on any atom is 0.440 e. The Morgan fingerprint density at radius 3 is 2.60 bits per heavy atom. The van der Waals surface area contributed by atoms with Crippen molar-refractivity contribution in [2.45, 2.75) is 0 Å². The predicted octanol–water partition coefficient (Wildman–Crippen LogP) is 0.624. The Bertz CT molecular complexity index is 544. The number of para-hydroxylation sites is 1. The lowest BCUT2D eigenvalue weighted by Crippen LogP contribution is -2.39. The van der Waals surface area contributed by atoms with E-state index in [1.165, 1.54) is 4.68 Å². The molecule has 0 aliphatic carbocycles. The molecule has 1 aromatic heterocycles. The molecule has 0 bridgehead atoms. The van der Waals surface area contributed by atoms with Crippen molar-refractivity contribution < 1.29 is 14.0 Å². The highest BCUT2D eigenvalue weighted by atomic mass is 35.5. The van der Waals surface area contributed by atoms with Gasteiger partial charge < -0.3 is 0 Å². The number of nitrogens with zero attached hydrogens (tertiary/aromatic N) is 1. The fourth-order valence-electron chi connectivity index (χ4n) is 1.20. The molecule has 0 unspecified atom stereocenters. The third-order valence-corrected chi connectivity index (χ3v) is 2.03. The van der Waals surface area contributed by atoms with E-state index in [0.29, 0.717) is 5.69 Å². The van der Waals surface area contributed by atoms with Crippen molar-refractivity contribution in [2.24, 2.45) is 0 Å². The molecule has 0 aliphatic heterocycles. The third-order valence-electron chi connectivity index (χ3n) is 1.85. The number of nitrogens with one attached hydrogen (secondary N) is 1. The van der Waals surface area contributed by atoms with Gasteiger partial charge in [-0.2, -0.15) is 0 Å². The minimum absolute atomic E-state index is 0.247. The maximum absolute atomic E-state index is 11.1. The summed E-state index contributed by atoms with van der Waals surface area (Å²) in [5.74, 6) is 0. The monoisotopic (exact) mass is 225 g/mol. The van der Waals surface area contributed by atoms with Gasteiger partial charge in [0.15, 0.2) is 0 Å². The number of H-pyrrole nitrogens is 1. The largest absolute Gasteiger partial charge is 0.440 e. The maximum atomic E-state index is 11.1. The number of rotatable bonds is 2. The van der Waals surface area contributed by atoms with Crippen LogP contribution in [-0.2, 0) is 0 Å². The zero-order valence-corrected chi connectivity index (χ0v) is 8.19. The van der Waals surface area contributed by atoms with Gasteiger partial charge in [-0.05, 0) is 21.6 Å². The van der Waals surface area contributed by atoms with Gasteiger partial charge in [-0.1, -0.05) is 18.2 Å². The first-order valence-electron chi connectivity index (χ1n) is 4.09. The van der Waals surface area contributed by atoms with Crippen LogP contribution >= 0.6 is 11.6 Å². The quantitative estimate of drug-likeness (QED) is 0.602. The van der Waals surface area contributed by atoms with Gasteiger partial charge in [0.1, 0.15) is 0 Å². The number of benzene rings is 1. The van der Waals surface area contributed by atoms with Gasteiger partial charge in [-0.25, -0.2) is 4.79 Å². The van der Waals surface area contributed by atoms with Gasteiger partial charge in [0, 0.05) is 12.1 Å². The summed E-state index contributed by atoms with van der Waals surface area (Å²) >= 11 is 5.27. The van der Waals surface area contributed by atoms with E-state index in [4.69, 9.17) is 11.6 Å². The van der Waals surface area contributed by atoms with Crippen LogP contribution in [0.4, 0.5) is 0 Å². The van der Waals surface area contributed by atoms with Crippen molar-refractivity contribution in [3.05, 3.63) is 46.4 Å². The van der Waals surface area contributed by atoms with Crippen molar-refractivity contribution in [1.29, 1.82) is 0 Å². The lowest BCUT2D eigenvalue weighted by atomic mass is 10.3. The Morgan fingerprint density at radius 1 is 1.33 bits per heavy atom. The molecule has 0 atom stereocenters. The van der Waals surface area contributed by atoms with Crippen LogP contribution in [0.15, 0.2) is 39.6 Å². The molecule has 0 radical (unpaired) electrons. The van der Waals surface area contributed by atoms with Crippen LogP contribution in [0.2, 0.25) is 0 Å². The van der Waals surface area contributed by atoms with Crippen molar-refractivity contribution in [3.63, 3.8) is 0 Å². The molecule has 0 saturated carbocycles. The fraction of sp³-hybridized carbons (Fsp3) is 0. The van der Waals surface area contributed by atoms with E-state index in [-0.39, 0.29) is 5.69 Å². The lowest BCUT2D eigenvalue weighted by Gasteiger charge is -1.88. The van der Waals surface area contributed by atoms with E-state index >= 15 is 0 Å². The highest BCUT2D eigenvalue weighted by Gasteiger charge is 2.28. The zero-order chi connectivity index (χ0) is 10.8. The second-order valence-electron chi connectivity index (χ2n) is 2.77. The highest BCUT2D eigenvalue weighted by molar-refractivity contribution is 6.67. The molecule has 0 amide bonds. The van der Waals surface area contributed by atoms with Crippen molar-refractivity contribution in [3.8, 4) is 5.69 Å². The topological polar surface area (TPSA) is 67.0 Å². The van der Waals surface area contributed by atoms with Crippen molar-refractivity contribution >= 4 is 16.8 Å². The second-order valence-corrected chi connectivity index (χ2v) is 3.12. The van der Waals surface area contributed by atoms with Gasteiger partial charge in [0.05, 0.1) is 0 Å². The summed E-state index contributed by atoms with van der Waals surface area (Å²) in [6, 6.07) is 8.74. The Labute approximate surface area is 88.8 Å². The third kappa shape index (κ3) is 1.69. The summed E-state index contributed by atoms with van der Waals surface area (Å²) in [5.41, 5.74) is -0.450. The average Bonchev–Trinajstić information content (AvgIpc) is 2.61. The van der Waals surface area contributed by atoms with Gasteiger partial charge in [-0.15, -0.1) is 0 Å². The Morgan fingerprint density at radius 2 is 2.00 bits per heavy atom. The molecule has 6 heteroatoms. The van der Waals surface area contributed by atoms with Crippen LogP contribution < -0.4 is 10.3 Å². The van der Waals surface area contributed by atoms with Crippen LogP contribution in [0.25, 0.3) is 5.69 Å². The smallest absolute Gasteiger partial charge is 0.282 e. The molecular formula is C9H6ClN2O3+. The molecule has 5 nitrogen and oxygen atoms in total. The van der Waals surface area contributed by atoms with E-state index in [2.05, 4.69) is 9.79 Å². The molecule has 0 saturated heterocycles. The standard InChI is InChI=1S/C9H5ClN2O3/c10-8(13)7-9(14)15-11-12(7)6-4-2-1-3-5-6/h1-5H/p+1. The Balaban J connectivity index is 2.65. The van der Waals surface area contributed by atoms with Crippen LogP contribution in [0.3, 0.4) is 0 Å². The highest BCUT2D eigenvalue weighted by Crippen LogP contribution is 1.99.